The van der Waals surface area contributed by atoms with Crippen molar-refractivity contribution in [1.29, 1.82) is 0 Å². The quantitative estimate of drug-likeness (QED) is 0.614. The van der Waals surface area contributed by atoms with Gasteiger partial charge in [0.05, 0.1) is 5.69 Å². The van der Waals surface area contributed by atoms with Gasteiger partial charge in [0.2, 0.25) is 0 Å². The van der Waals surface area contributed by atoms with E-state index in [2.05, 4.69) is 4.98 Å². The highest BCUT2D eigenvalue weighted by Crippen LogP contribution is 2.15. The van der Waals surface area contributed by atoms with Crippen LogP contribution in [0.15, 0.2) is 11.5 Å². The normalized spacial score (nSPS) is 10.9. The summed E-state index contributed by atoms with van der Waals surface area (Å²) in [6.45, 7) is 1.95. The summed E-state index contributed by atoms with van der Waals surface area (Å²) in [6.07, 6.45) is 3.85. The molecule has 1 nitrogen and oxygen atoms in total. The molecule has 1 aromatic rings. The standard InChI is InChI=1S/C6H6ClNS/c1-2-3-5-4-9-6(7)8-5/h2-4H,1H3/b3-2+. The topological polar surface area (TPSA) is 12.9 Å². The number of hydrogen-bond acceptors (Lipinski definition) is 2. The smallest absolute Gasteiger partial charge is 0.184 e. The minimum absolute atomic E-state index is 0.600. The van der Waals surface area contributed by atoms with E-state index < -0.39 is 0 Å². The van der Waals surface area contributed by atoms with Gasteiger partial charge >= 0.3 is 0 Å². The Balaban J connectivity index is 2.85. The highest BCUT2D eigenvalue weighted by Gasteiger charge is 1.91. The van der Waals surface area contributed by atoms with E-state index in [0.717, 1.165) is 5.69 Å². The molecule has 9 heavy (non-hydrogen) atoms. The number of nitrogens with zero attached hydrogens (tertiary/aromatic N) is 1. The molecule has 0 radical (unpaired) electrons. The maximum atomic E-state index is 5.57. The Kier molecular flexibility index (Phi) is 2.25. The Labute approximate surface area is 63.0 Å². The lowest BCUT2D eigenvalue weighted by atomic mass is 10.4. The molecule has 0 spiro atoms. The molecule has 1 aromatic heterocycles. The van der Waals surface area contributed by atoms with E-state index in [0.29, 0.717) is 4.47 Å². The van der Waals surface area contributed by atoms with Gasteiger partial charge in [0.25, 0.3) is 0 Å². The van der Waals surface area contributed by atoms with Crippen LogP contribution in [0.3, 0.4) is 0 Å². The first-order chi connectivity index (χ1) is 4.33. The summed E-state index contributed by atoms with van der Waals surface area (Å²) >= 11 is 7.02. The summed E-state index contributed by atoms with van der Waals surface area (Å²) in [6, 6.07) is 0. The molecule has 0 aromatic carbocycles. The zero-order chi connectivity index (χ0) is 6.69. The van der Waals surface area contributed by atoms with Crippen LogP contribution >= 0.6 is 22.9 Å². The van der Waals surface area contributed by atoms with Gasteiger partial charge in [0.1, 0.15) is 0 Å². The molecule has 48 valence electrons. The van der Waals surface area contributed by atoms with Gasteiger partial charge in [0, 0.05) is 5.38 Å². The van der Waals surface area contributed by atoms with Crippen molar-refractivity contribution in [3.63, 3.8) is 0 Å². The third-order valence-electron chi connectivity index (χ3n) is 0.831. The molecule has 0 unspecified atom stereocenters. The molecule has 3 heteroatoms. The fourth-order valence-electron chi connectivity index (χ4n) is 0.511. The molecule has 0 atom stereocenters. The first-order valence-corrected chi connectivity index (χ1v) is 3.82. The van der Waals surface area contributed by atoms with Crippen LogP contribution in [0.2, 0.25) is 4.47 Å². The second-order valence-electron chi connectivity index (χ2n) is 1.53. The molecular weight excluding hydrogens is 154 g/mol. The summed E-state index contributed by atoms with van der Waals surface area (Å²) in [7, 11) is 0. The van der Waals surface area contributed by atoms with Crippen molar-refractivity contribution in [2.75, 3.05) is 0 Å². The summed E-state index contributed by atoms with van der Waals surface area (Å²) in [4.78, 5) is 4.00. The number of hydrogen-bond donors (Lipinski definition) is 0. The van der Waals surface area contributed by atoms with Crippen LogP contribution in [-0.2, 0) is 0 Å². The maximum Gasteiger partial charge on any atom is 0.184 e. The summed E-state index contributed by atoms with van der Waals surface area (Å²) in [5.74, 6) is 0. The molecular formula is C6H6ClNS. The zero-order valence-corrected chi connectivity index (χ0v) is 6.54. The Hall–Kier alpha value is -0.340. The van der Waals surface area contributed by atoms with Crippen molar-refractivity contribution < 1.29 is 0 Å². The number of halogens is 1. The van der Waals surface area contributed by atoms with E-state index in [1.807, 2.05) is 24.5 Å². The van der Waals surface area contributed by atoms with E-state index in [1.54, 1.807) is 0 Å². The minimum Gasteiger partial charge on any atom is -0.226 e. The number of allylic oxidation sites excluding steroid dienone is 1. The number of rotatable bonds is 1. The highest BCUT2D eigenvalue weighted by molar-refractivity contribution is 7.14. The van der Waals surface area contributed by atoms with Crippen LogP contribution in [0.4, 0.5) is 0 Å². The molecule has 0 aliphatic heterocycles. The molecule has 1 heterocycles. The zero-order valence-electron chi connectivity index (χ0n) is 4.97. The maximum absolute atomic E-state index is 5.57. The van der Waals surface area contributed by atoms with E-state index in [4.69, 9.17) is 11.6 Å². The summed E-state index contributed by atoms with van der Waals surface area (Å²) in [5.41, 5.74) is 0.938. The first kappa shape index (κ1) is 6.78. The molecule has 0 aliphatic rings. The van der Waals surface area contributed by atoms with Gasteiger partial charge in [-0.1, -0.05) is 17.7 Å². The Morgan fingerprint density at radius 2 is 2.56 bits per heavy atom. The largest absolute Gasteiger partial charge is 0.226 e. The fraction of sp³-hybridized carbons (Fsp3) is 0.167. The van der Waals surface area contributed by atoms with E-state index in [1.165, 1.54) is 11.3 Å². The second kappa shape index (κ2) is 2.99. The highest BCUT2D eigenvalue weighted by atomic mass is 35.5. The first-order valence-electron chi connectivity index (χ1n) is 2.56. The predicted molar refractivity (Wildman–Crippen MR) is 41.8 cm³/mol. The van der Waals surface area contributed by atoms with Gasteiger partial charge in [-0.3, -0.25) is 0 Å². The average molecular weight is 160 g/mol. The Morgan fingerprint density at radius 1 is 1.78 bits per heavy atom. The monoisotopic (exact) mass is 159 g/mol. The molecule has 1 rings (SSSR count). The number of thiazole rings is 1. The molecule has 0 N–H and O–H groups in total. The second-order valence-corrected chi connectivity index (χ2v) is 2.97. The minimum atomic E-state index is 0.600. The molecule has 0 saturated heterocycles. The van der Waals surface area contributed by atoms with Crippen LogP contribution < -0.4 is 0 Å². The Bertz CT molecular complexity index is 217. The van der Waals surface area contributed by atoms with Crippen molar-refractivity contribution in [3.05, 3.63) is 21.6 Å². The number of aromatic nitrogens is 1. The van der Waals surface area contributed by atoms with Crippen molar-refractivity contribution in [2.45, 2.75) is 6.92 Å². The van der Waals surface area contributed by atoms with Crippen LogP contribution in [0.5, 0.6) is 0 Å². The van der Waals surface area contributed by atoms with Gasteiger partial charge in [-0.2, -0.15) is 0 Å². The van der Waals surface area contributed by atoms with Crippen molar-refractivity contribution >= 4 is 29.0 Å². The van der Waals surface area contributed by atoms with Gasteiger partial charge in [0.15, 0.2) is 4.47 Å². The summed E-state index contributed by atoms with van der Waals surface area (Å²) < 4.78 is 0.600. The van der Waals surface area contributed by atoms with Gasteiger partial charge in [-0.25, -0.2) is 4.98 Å². The van der Waals surface area contributed by atoms with Crippen LogP contribution in [0.25, 0.3) is 6.08 Å². The van der Waals surface area contributed by atoms with Gasteiger partial charge < -0.3 is 0 Å². The lowest BCUT2D eigenvalue weighted by Crippen LogP contribution is -1.65. The summed E-state index contributed by atoms with van der Waals surface area (Å²) in [5, 5.41) is 1.92. The fourth-order valence-corrected chi connectivity index (χ4v) is 1.25. The average Bonchev–Trinajstić information content (AvgIpc) is 2.17. The van der Waals surface area contributed by atoms with E-state index in [-0.39, 0.29) is 0 Å². The van der Waals surface area contributed by atoms with Crippen LogP contribution in [0.1, 0.15) is 12.6 Å². The van der Waals surface area contributed by atoms with Crippen molar-refractivity contribution in [3.8, 4) is 0 Å². The lowest BCUT2D eigenvalue weighted by Gasteiger charge is -1.75. The third kappa shape index (κ3) is 1.80. The molecule has 0 amide bonds. The van der Waals surface area contributed by atoms with Gasteiger partial charge in [-0.05, 0) is 13.0 Å². The third-order valence-corrected chi connectivity index (χ3v) is 1.83. The molecule has 0 saturated carbocycles. The molecule has 0 fully saturated rings. The van der Waals surface area contributed by atoms with Crippen molar-refractivity contribution in [2.24, 2.45) is 0 Å². The van der Waals surface area contributed by atoms with Crippen LogP contribution in [-0.4, -0.2) is 4.98 Å². The SMILES string of the molecule is C/C=C/c1csc(Cl)n1. The van der Waals surface area contributed by atoms with Crippen LogP contribution in [0, 0.1) is 0 Å². The van der Waals surface area contributed by atoms with E-state index >= 15 is 0 Å². The molecule has 0 bridgehead atoms. The van der Waals surface area contributed by atoms with E-state index in [9.17, 15) is 0 Å². The van der Waals surface area contributed by atoms with Gasteiger partial charge in [-0.15, -0.1) is 11.3 Å². The van der Waals surface area contributed by atoms with Crippen molar-refractivity contribution in [1.82, 2.24) is 4.98 Å². The lowest BCUT2D eigenvalue weighted by molar-refractivity contribution is 1.38. The molecule has 0 aliphatic carbocycles. The Morgan fingerprint density at radius 3 is 3.00 bits per heavy atom. The predicted octanol–water partition coefficient (Wildman–Crippen LogP) is 2.83.